The molecule has 0 saturated carbocycles. The van der Waals surface area contributed by atoms with E-state index in [1.165, 1.54) is 0 Å². The number of hydrogen-bond acceptors (Lipinski definition) is 0. The van der Waals surface area contributed by atoms with Crippen LogP contribution in [0.1, 0.15) is 16.6 Å². The maximum atomic E-state index is 7.66. The standard InChI is InChI=1S/C14H16N/c1-11-7-4-5-9-13(11)14-12(2)8-6-10-15(14)3/h4-10H,1-3H3/q+1/i2D3,4D. The van der Waals surface area contributed by atoms with Gasteiger partial charge in [-0.3, -0.25) is 0 Å². The molecule has 15 heavy (non-hydrogen) atoms. The van der Waals surface area contributed by atoms with Gasteiger partial charge in [-0.1, -0.05) is 18.2 Å². The minimum absolute atomic E-state index is 0.332. The fourth-order valence-corrected chi connectivity index (χ4v) is 1.73. The van der Waals surface area contributed by atoms with Gasteiger partial charge < -0.3 is 0 Å². The van der Waals surface area contributed by atoms with Crippen molar-refractivity contribution in [1.29, 1.82) is 0 Å². The van der Waals surface area contributed by atoms with Crippen LogP contribution in [-0.4, -0.2) is 0 Å². The van der Waals surface area contributed by atoms with Gasteiger partial charge in [0, 0.05) is 21.3 Å². The zero-order valence-electron chi connectivity index (χ0n) is 12.9. The summed E-state index contributed by atoms with van der Waals surface area (Å²) in [6.07, 6.45) is 1.83. The Hall–Kier alpha value is -1.63. The average Bonchev–Trinajstić information content (AvgIpc) is 2.28. The maximum absolute atomic E-state index is 7.66. The minimum Gasteiger partial charge on any atom is -0.201 e. The molecule has 0 unspecified atom stereocenters. The molecule has 0 bridgehead atoms. The second kappa shape index (κ2) is 3.85. The molecular formula is C14H16N+. The highest BCUT2D eigenvalue weighted by Crippen LogP contribution is 2.22. The van der Waals surface area contributed by atoms with E-state index in [1.807, 2.05) is 30.8 Å². The fraction of sp³-hybridized carbons (Fsp3) is 0.214. The predicted octanol–water partition coefficient (Wildman–Crippen LogP) is 2.79. The van der Waals surface area contributed by atoms with E-state index in [-0.39, 0.29) is 0 Å². The second-order valence-corrected chi connectivity index (χ2v) is 3.62. The number of benzene rings is 1. The van der Waals surface area contributed by atoms with E-state index in [2.05, 4.69) is 0 Å². The van der Waals surface area contributed by atoms with Gasteiger partial charge in [-0.05, 0) is 31.5 Å². The van der Waals surface area contributed by atoms with Gasteiger partial charge in [0.05, 0.1) is 1.37 Å². The third-order valence-electron chi connectivity index (χ3n) is 2.51. The molecule has 0 aliphatic rings. The predicted molar refractivity (Wildman–Crippen MR) is 62.5 cm³/mol. The van der Waals surface area contributed by atoms with Gasteiger partial charge in [0.1, 0.15) is 7.05 Å². The molecule has 1 nitrogen and oxygen atoms in total. The van der Waals surface area contributed by atoms with Crippen LogP contribution in [0.2, 0.25) is 0 Å². The molecular weight excluding hydrogens is 182 g/mol. The summed E-state index contributed by atoms with van der Waals surface area (Å²) in [5, 5.41) is 0. The summed E-state index contributed by atoms with van der Waals surface area (Å²) in [4.78, 5) is 0. The SMILES string of the molecule is [2H]c1ccc(-c2c(C([2H])([2H])[2H])ccc[n+]2C)c(C)c1. The number of nitrogens with zero attached hydrogens (tertiary/aromatic N) is 1. The third kappa shape index (κ3) is 1.78. The molecule has 0 aliphatic carbocycles. The molecule has 1 aromatic heterocycles. The Bertz CT molecular complexity index is 617. The number of pyridine rings is 1. The zero-order valence-corrected chi connectivity index (χ0v) is 8.91. The second-order valence-electron chi connectivity index (χ2n) is 3.62. The highest BCUT2D eigenvalue weighted by Gasteiger charge is 2.13. The topological polar surface area (TPSA) is 3.88 Å². The lowest BCUT2D eigenvalue weighted by Crippen LogP contribution is -2.31. The number of hydrogen-bond donors (Lipinski definition) is 0. The maximum Gasteiger partial charge on any atom is 0.215 e. The van der Waals surface area contributed by atoms with Crippen molar-refractivity contribution in [2.24, 2.45) is 7.05 Å². The Balaban J connectivity index is 2.74. The first-order valence-electron chi connectivity index (χ1n) is 6.87. The largest absolute Gasteiger partial charge is 0.215 e. The molecule has 0 atom stereocenters. The van der Waals surface area contributed by atoms with Gasteiger partial charge in [0.2, 0.25) is 5.69 Å². The molecule has 0 spiro atoms. The van der Waals surface area contributed by atoms with Crippen LogP contribution in [0.4, 0.5) is 0 Å². The van der Waals surface area contributed by atoms with E-state index in [9.17, 15) is 0 Å². The van der Waals surface area contributed by atoms with Crippen LogP contribution in [-0.2, 0) is 7.05 Å². The molecule has 0 N–H and O–H groups in total. The first-order chi connectivity index (χ1) is 8.80. The first kappa shape index (κ1) is 6.06. The van der Waals surface area contributed by atoms with Crippen molar-refractivity contribution < 1.29 is 10.1 Å². The molecule has 1 aromatic carbocycles. The Labute approximate surface area is 96.6 Å². The van der Waals surface area contributed by atoms with Gasteiger partial charge in [-0.25, -0.2) is 4.57 Å². The van der Waals surface area contributed by atoms with E-state index in [0.717, 1.165) is 11.1 Å². The molecule has 0 aliphatic heterocycles. The lowest BCUT2D eigenvalue weighted by Gasteiger charge is -2.06. The van der Waals surface area contributed by atoms with E-state index in [1.54, 1.807) is 24.3 Å². The van der Waals surface area contributed by atoms with Crippen molar-refractivity contribution in [3.8, 4) is 11.3 Å². The quantitative estimate of drug-likeness (QED) is 0.626. The van der Waals surface area contributed by atoms with Gasteiger partial charge in [-0.15, -0.1) is 0 Å². The van der Waals surface area contributed by atoms with E-state index < -0.39 is 6.85 Å². The lowest BCUT2D eigenvalue weighted by molar-refractivity contribution is -0.660. The Morgan fingerprint density at radius 1 is 1.20 bits per heavy atom. The Morgan fingerprint density at radius 2 is 2.07 bits per heavy atom. The molecule has 0 radical (unpaired) electrons. The minimum atomic E-state index is -2.15. The average molecular weight is 202 g/mol. The van der Waals surface area contributed by atoms with Gasteiger partial charge in [-0.2, -0.15) is 0 Å². The van der Waals surface area contributed by atoms with Gasteiger partial charge in [0.25, 0.3) is 0 Å². The van der Waals surface area contributed by atoms with Crippen molar-refractivity contribution >= 4 is 0 Å². The van der Waals surface area contributed by atoms with Crippen molar-refractivity contribution in [2.45, 2.75) is 13.8 Å². The van der Waals surface area contributed by atoms with Crippen molar-refractivity contribution in [2.75, 3.05) is 0 Å². The summed E-state index contributed by atoms with van der Waals surface area (Å²) in [5.41, 5.74) is 2.77. The van der Waals surface area contributed by atoms with Crippen LogP contribution in [0.3, 0.4) is 0 Å². The summed E-state index contributed by atoms with van der Waals surface area (Å²) < 4.78 is 32.4. The summed E-state index contributed by atoms with van der Waals surface area (Å²) in [5.74, 6) is 0. The third-order valence-corrected chi connectivity index (χ3v) is 2.51. The summed E-state index contributed by atoms with van der Waals surface area (Å²) in [6, 6.07) is 9.03. The first-order valence-corrected chi connectivity index (χ1v) is 4.87. The zero-order chi connectivity index (χ0) is 14.2. The van der Waals surface area contributed by atoms with Crippen LogP contribution in [0.5, 0.6) is 0 Å². The molecule has 0 amide bonds. The fourth-order valence-electron chi connectivity index (χ4n) is 1.73. The van der Waals surface area contributed by atoms with Crippen LogP contribution in [0.25, 0.3) is 11.3 Å². The van der Waals surface area contributed by atoms with Crippen molar-refractivity contribution in [3.05, 3.63) is 53.7 Å². The Morgan fingerprint density at radius 3 is 2.80 bits per heavy atom. The van der Waals surface area contributed by atoms with Gasteiger partial charge >= 0.3 is 0 Å². The molecule has 1 heteroatoms. The molecule has 0 saturated heterocycles. The highest BCUT2D eigenvalue weighted by atomic mass is 14.9. The van der Waals surface area contributed by atoms with E-state index >= 15 is 0 Å². The van der Waals surface area contributed by atoms with Crippen molar-refractivity contribution in [1.82, 2.24) is 0 Å². The molecule has 76 valence electrons. The van der Waals surface area contributed by atoms with E-state index in [0.29, 0.717) is 17.3 Å². The number of aryl methyl sites for hydroxylation is 3. The highest BCUT2D eigenvalue weighted by molar-refractivity contribution is 5.63. The molecule has 1 heterocycles. The lowest BCUT2D eigenvalue weighted by atomic mass is 10.0. The van der Waals surface area contributed by atoms with Crippen LogP contribution in [0.15, 0.2) is 42.6 Å². The van der Waals surface area contributed by atoms with Crippen LogP contribution >= 0.6 is 0 Å². The summed E-state index contributed by atoms with van der Waals surface area (Å²) >= 11 is 0. The molecule has 2 aromatic rings. The Kier molecular flexibility index (Phi) is 1.56. The molecule has 2 rings (SSSR count). The van der Waals surface area contributed by atoms with Crippen LogP contribution < -0.4 is 4.57 Å². The number of rotatable bonds is 1. The number of aromatic nitrogens is 1. The van der Waals surface area contributed by atoms with Crippen molar-refractivity contribution in [3.63, 3.8) is 0 Å². The monoisotopic (exact) mass is 202 g/mol. The normalized spacial score (nSPS) is 15.1. The summed E-state index contributed by atoms with van der Waals surface area (Å²) in [6.45, 7) is -0.260. The van der Waals surface area contributed by atoms with E-state index in [4.69, 9.17) is 5.48 Å². The summed E-state index contributed by atoms with van der Waals surface area (Å²) in [7, 11) is 1.83. The molecule has 0 fully saturated rings. The van der Waals surface area contributed by atoms with Gasteiger partial charge in [0.15, 0.2) is 6.20 Å². The van der Waals surface area contributed by atoms with Crippen LogP contribution in [0, 0.1) is 13.8 Å². The smallest absolute Gasteiger partial charge is 0.201 e.